The van der Waals surface area contributed by atoms with Gasteiger partial charge in [-0.1, -0.05) is 30.7 Å². The fourth-order valence-electron chi connectivity index (χ4n) is 2.90. The number of aliphatic hydroxyl groups excluding tert-OH is 1. The Bertz CT molecular complexity index is 716. The predicted molar refractivity (Wildman–Crippen MR) is 86.9 cm³/mol. The first-order chi connectivity index (χ1) is 11.2. The smallest absolute Gasteiger partial charge is 0.293 e. The van der Waals surface area contributed by atoms with Crippen LogP contribution in [0, 0.1) is 0 Å². The van der Waals surface area contributed by atoms with Crippen LogP contribution < -0.4 is 0 Å². The summed E-state index contributed by atoms with van der Waals surface area (Å²) in [5.41, 5.74) is 0.706. The van der Waals surface area contributed by atoms with Crippen molar-refractivity contribution in [3.8, 4) is 5.69 Å². The summed E-state index contributed by atoms with van der Waals surface area (Å²) in [6, 6.07) is 7.20. The SMILES string of the molecule is CCc1nc(C(=O)N2CCC[C@@H]2CO)nn1-c1ccccc1Cl. The Morgan fingerprint density at radius 2 is 2.22 bits per heavy atom. The molecule has 0 spiro atoms. The molecule has 1 atom stereocenters. The van der Waals surface area contributed by atoms with E-state index in [0.717, 1.165) is 12.8 Å². The van der Waals surface area contributed by atoms with E-state index in [0.29, 0.717) is 29.5 Å². The van der Waals surface area contributed by atoms with E-state index in [4.69, 9.17) is 11.6 Å². The normalized spacial score (nSPS) is 17.7. The molecule has 1 amide bonds. The number of hydrogen-bond acceptors (Lipinski definition) is 4. The first-order valence-electron chi connectivity index (χ1n) is 7.78. The molecule has 3 rings (SSSR count). The molecule has 1 fully saturated rings. The number of aliphatic hydroxyl groups is 1. The highest BCUT2D eigenvalue weighted by Gasteiger charge is 2.31. The maximum absolute atomic E-state index is 12.7. The van der Waals surface area contributed by atoms with E-state index in [1.165, 1.54) is 0 Å². The molecule has 1 saturated heterocycles. The Morgan fingerprint density at radius 1 is 1.43 bits per heavy atom. The molecule has 23 heavy (non-hydrogen) atoms. The summed E-state index contributed by atoms with van der Waals surface area (Å²) < 4.78 is 1.62. The van der Waals surface area contributed by atoms with Crippen molar-refractivity contribution in [2.24, 2.45) is 0 Å². The molecular weight excluding hydrogens is 316 g/mol. The minimum atomic E-state index is -0.234. The number of carbonyl (C=O) groups excluding carboxylic acids is 1. The molecule has 0 bridgehead atoms. The van der Waals surface area contributed by atoms with Crippen molar-refractivity contribution < 1.29 is 9.90 Å². The van der Waals surface area contributed by atoms with Gasteiger partial charge >= 0.3 is 0 Å². The summed E-state index contributed by atoms with van der Waals surface area (Å²) in [4.78, 5) is 18.7. The first-order valence-corrected chi connectivity index (χ1v) is 8.16. The van der Waals surface area contributed by atoms with Crippen molar-refractivity contribution in [2.75, 3.05) is 13.2 Å². The number of aryl methyl sites for hydroxylation is 1. The van der Waals surface area contributed by atoms with Gasteiger partial charge in [0.05, 0.1) is 23.4 Å². The lowest BCUT2D eigenvalue weighted by atomic mass is 10.2. The first kappa shape index (κ1) is 16.0. The number of aromatic nitrogens is 3. The van der Waals surface area contributed by atoms with Crippen molar-refractivity contribution in [1.82, 2.24) is 19.7 Å². The van der Waals surface area contributed by atoms with E-state index in [-0.39, 0.29) is 24.4 Å². The number of para-hydroxylation sites is 1. The van der Waals surface area contributed by atoms with Crippen molar-refractivity contribution in [3.63, 3.8) is 0 Å². The fourth-order valence-corrected chi connectivity index (χ4v) is 3.12. The van der Waals surface area contributed by atoms with Crippen LogP contribution >= 0.6 is 11.6 Å². The summed E-state index contributed by atoms with van der Waals surface area (Å²) in [6.07, 6.45) is 2.34. The van der Waals surface area contributed by atoms with Crippen molar-refractivity contribution in [2.45, 2.75) is 32.2 Å². The zero-order chi connectivity index (χ0) is 16.4. The molecule has 0 unspecified atom stereocenters. The molecule has 1 aliphatic heterocycles. The quantitative estimate of drug-likeness (QED) is 0.929. The van der Waals surface area contributed by atoms with Crippen LogP contribution in [-0.4, -0.2) is 49.9 Å². The minimum absolute atomic E-state index is 0.0302. The number of nitrogens with zero attached hydrogens (tertiary/aromatic N) is 4. The second kappa shape index (κ2) is 6.68. The van der Waals surface area contributed by atoms with E-state index in [2.05, 4.69) is 10.1 Å². The molecule has 122 valence electrons. The highest BCUT2D eigenvalue weighted by molar-refractivity contribution is 6.32. The minimum Gasteiger partial charge on any atom is -0.394 e. The third-order valence-corrected chi connectivity index (χ3v) is 4.43. The van der Waals surface area contributed by atoms with Crippen LogP contribution in [0.25, 0.3) is 5.69 Å². The van der Waals surface area contributed by atoms with Gasteiger partial charge in [-0.25, -0.2) is 9.67 Å². The Morgan fingerprint density at radius 3 is 2.91 bits per heavy atom. The molecule has 0 aliphatic carbocycles. The Labute approximate surface area is 139 Å². The summed E-state index contributed by atoms with van der Waals surface area (Å²) >= 11 is 6.23. The highest BCUT2D eigenvalue weighted by atomic mass is 35.5. The second-order valence-corrected chi connectivity index (χ2v) is 5.95. The van der Waals surface area contributed by atoms with Crippen LogP contribution in [-0.2, 0) is 6.42 Å². The van der Waals surface area contributed by atoms with Crippen molar-refractivity contribution in [1.29, 1.82) is 0 Å². The van der Waals surface area contributed by atoms with Crippen LogP contribution in [0.1, 0.15) is 36.2 Å². The molecule has 7 heteroatoms. The van der Waals surface area contributed by atoms with Gasteiger partial charge in [0.1, 0.15) is 5.82 Å². The summed E-state index contributed by atoms with van der Waals surface area (Å²) in [5.74, 6) is 0.602. The van der Waals surface area contributed by atoms with Gasteiger partial charge in [-0.3, -0.25) is 4.79 Å². The Balaban J connectivity index is 1.96. The molecule has 1 aromatic heterocycles. The van der Waals surface area contributed by atoms with Crippen LogP contribution in [0.5, 0.6) is 0 Å². The zero-order valence-electron chi connectivity index (χ0n) is 12.9. The number of amides is 1. The van der Waals surface area contributed by atoms with Gasteiger partial charge in [-0.2, -0.15) is 0 Å². The van der Waals surface area contributed by atoms with Gasteiger partial charge in [-0.05, 0) is 25.0 Å². The predicted octanol–water partition coefficient (Wildman–Crippen LogP) is 2.08. The van der Waals surface area contributed by atoms with Gasteiger partial charge in [0.15, 0.2) is 0 Å². The summed E-state index contributed by atoms with van der Waals surface area (Å²) in [5, 5.41) is 14.3. The molecule has 1 aromatic carbocycles. The van der Waals surface area contributed by atoms with Crippen LogP contribution in [0.15, 0.2) is 24.3 Å². The fraction of sp³-hybridized carbons (Fsp3) is 0.438. The molecule has 2 aromatic rings. The molecular formula is C16H19ClN4O2. The number of rotatable bonds is 4. The molecule has 1 N–H and O–H groups in total. The lowest BCUT2D eigenvalue weighted by molar-refractivity contribution is 0.0665. The number of halogens is 1. The van der Waals surface area contributed by atoms with Gasteiger partial charge in [-0.15, -0.1) is 5.10 Å². The Hall–Kier alpha value is -1.92. The number of carbonyl (C=O) groups is 1. The average Bonchev–Trinajstić information content (AvgIpc) is 3.21. The monoisotopic (exact) mass is 334 g/mol. The largest absolute Gasteiger partial charge is 0.394 e. The summed E-state index contributed by atoms with van der Waals surface area (Å²) in [7, 11) is 0. The maximum Gasteiger partial charge on any atom is 0.293 e. The van der Waals surface area contributed by atoms with Gasteiger partial charge in [0.2, 0.25) is 5.82 Å². The molecule has 6 nitrogen and oxygen atoms in total. The lowest BCUT2D eigenvalue weighted by Crippen LogP contribution is -2.38. The van der Waals surface area contributed by atoms with E-state index in [1.54, 1.807) is 15.6 Å². The molecule has 1 aliphatic rings. The van der Waals surface area contributed by atoms with Gasteiger partial charge in [0, 0.05) is 13.0 Å². The van der Waals surface area contributed by atoms with Crippen LogP contribution in [0.2, 0.25) is 5.02 Å². The van der Waals surface area contributed by atoms with Gasteiger partial charge in [0.25, 0.3) is 5.91 Å². The second-order valence-electron chi connectivity index (χ2n) is 5.55. The van der Waals surface area contributed by atoms with E-state index in [9.17, 15) is 9.90 Å². The van der Waals surface area contributed by atoms with Crippen LogP contribution in [0.4, 0.5) is 0 Å². The third-order valence-electron chi connectivity index (χ3n) is 4.11. The molecule has 0 radical (unpaired) electrons. The zero-order valence-corrected chi connectivity index (χ0v) is 13.7. The highest BCUT2D eigenvalue weighted by Crippen LogP contribution is 2.22. The van der Waals surface area contributed by atoms with E-state index in [1.807, 2.05) is 25.1 Å². The molecule has 0 saturated carbocycles. The Kier molecular flexibility index (Phi) is 4.63. The average molecular weight is 335 g/mol. The number of likely N-dealkylation sites (tertiary alicyclic amines) is 1. The van der Waals surface area contributed by atoms with Gasteiger partial charge < -0.3 is 10.0 Å². The van der Waals surface area contributed by atoms with E-state index < -0.39 is 0 Å². The lowest BCUT2D eigenvalue weighted by Gasteiger charge is -2.21. The van der Waals surface area contributed by atoms with Crippen molar-refractivity contribution >= 4 is 17.5 Å². The van der Waals surface area contributed by atoms with Crippen molar-refractivity contribution in [3.05, 3.63) is 40.9 Å². The topological polar surface area (TPSA) is 71.2 Å². The number of benzene rings is 1. The van der Waals surface area contributed by atoms with Crippen LogP contribution in [0.3, 0.4) is 0 Å². The van der Waals surface area contributed by atoms with E-state index >= 15 is 0 Å². The standard InChI is InChI=1S/C16H19ClN4O2/c1-2-14-18-15(16(23)20-9-5-6-11(20)10-22)19-21(14)13-8-4-3-7-12(13)17/h3-4,7-8,11,22H,2,5-6,9-10H2,1H3/t11-/m1/s1. The molecule has 2 heterocycles. The maximum atomic E-state index is 12.7. The third kappa shape index (κ3) is 2.96. The number of hydrogen-bond donors (Lipinski definition) is 1. The summed E-state index contributed by atoms with van der Waals surface area (Å²) in [6.45, 7) is 2.56.